The van der Waals surface area contributed by atoms with Crippen LogP contribution in [0.5, 0.6) is 0 Å². The molecule has 3 atom stereocenters. The largest absolute Gasteiger partial charge is 0.338 e. The van der Waals surface area contributed by atoms with Gasteiger partial charge in [-0.05, 0) is 42.8 Å². The number of rotatable bonds is 3. The Morgan fingerprint density at radius 2 is 1.93 bits per heavy atom. The van der Waals surface area contributed by atoms with Crippen molar-refractivity contribution in [3.63, 3.8) is 0 Å². The van der Waals surface area contributed by atoms with Crippen LogP contribution >= 0.6 is 12.4 Å². The van der Waals surface area contributed by atoms with Crippen molar-refractivity contribution in [1.29, 1.82) is 0 Å². The van der Waals surface area contributed by atoms with Crippen LogP contribution in [0.4, 0.5) is 4.39 Å². The number of likely N-dealkylation sites (tertiary alicyclic amines) is 2. The summed E-state index contributed by atoms with van der Waals surface area (Å²) in [5.74, 6) is 1.24. The summed E-state index contributed by atoms with van der Waals surface area (Å²) < 4.78 is 13.8. The van der Waals surface area contributed by atoms with Crippen LogP contribution in [0.25, 0.3) is 11.4 Å². The van der Waals surface area contributed by atoms with Crippen LogP contribution in [0.15, 0.2) is 54.9 Å². The molecule has 2 aliphatic rings. The zero-order chi connectivity index (χ0) is 20.0. The molecule has 0 bridgehead atoms. The van der Waals surface area contributed by atoms with E-state index in [0.717, 1.165) is 24.2 Å². The van der Waals surface area contributed by atoms with Gasteiger partial charge in [0.25, 0.3) is 5.91 Å². The minimum Gasteiger partial charge on any atom is -0.338 e. The topological polar surface area (TPSA) is 65.1 Å². The number of fused-ring (bicyclic) bond motifs is 1. The first-order valence-corrected chi connectivity index (χ1v) is 9.81. The number of aromatic amines is 1. The first-order chi connectivity index (χ1) is 14.1. The fraction of sp³-hybridized carbons (Fsp3) is 0.318. The van der Waals surface area contributed by atoms with Crippen LogP contribution in [0.2, 0.25) is 0 Å². The van der Waals surface area contributed by atoms with Crippen LogP contribution in [0, 0.1) is 17.7 Å². The quantitative estimate of drug-likeness (QED) is 0.695. The second kappa shape index (κ2) is 8.16. The highest BCUT2D eigenvalue weighted by Crippen LogP contribution is 2.44. The van der Waals surface area contributed by atoms with Gasteiger partial charge in [-0.3, -0.25) is 14.8 Å². The molecule has 1 aromatic heterocycles. The smallest absolute Gasteiger partial charge is 0.253 e. The van der Waals surface area contributed by atoms with E-state index >= 15 is 0 Å². The van der Waals surface area contributed by atoms with Crippen molar-refractivity contribution in [3.8, 4) is 11.4 Å². The number of amides is 1. The summed E-state index contributed by atoms with van der Waals surface area (Å²) in [5.41, 5.74) is 2.56. The molecule has 8 heteroatoms. The summed E-state index contributed by atoms with van der Waals surface area (Å²) in [4.78, 5) is 21.4. The van der Waals surface area contributed by atoms with Crippen molar-refractivity contribution in [3.05, 3.63) is 71.8 Å². The van der Waals surface area contributed by atoms with Gasteiger partial charge in [0.1, 0.15) is 12.1 Å². The molecule has 2 fully saturated rings. The van der Waals surface area contributed by atoms with E-state index in [0.29, 0.717) is 29.8 Å². The lowest BCUT2D eigenvalue weighted by molar-refractivity contribution is 0.0768. The molecule has 0 radical (unpaired) electrons. The van der Waals surface area contributed by atoms with E-state index < -0.39 is 0 Å². The lowest BCUT2D eigenvalue weighted by Gasteiger charge is -2.27. The SMILES string of the molecule is CN1C[C@H]2CN(C(=O)c3ccc(-c4ncn[nH]4)cc3)C[C@H]2[C@@H]1c1cccc(F)c1.Cl. The van der Waals surface area contributed by atoms with Gasteiger partial charge in [-0.15, -0.1) is 12.4 Å². The minimum absolute atomic E-state index is 0. The third-order valence-corrected chi connectivity index (χ3v) is 6.19. The van der Waals surface area contributed by atoms with Gasteiger partial charge in [0, 0.05) is 42.7 Å². The maximum Gasteiger partial charge on any atom is 0.253 e. The highest BCUT2D eigenvalue weighted by atomic mass is 35.5. The van der Waals surface area contributed by atoms with Crippen molar-refractivity contribution >= 4 is 18.3 Å². The Morgan fingerprint density at radius 3 is 2.63 bits per heavy atom. The molecular formula is C22H23ClFN5O. The first-order valence-electron chi connectivity index (χ1n) is 9.81. The van der Waals surface area contributed by atoms with Crippen molar-refractivity contribution < 1.29 is 9.18 Å². The highest BCUT2D eigenvalue weighted by molar-refractivity contribution is 5.94. The Kier molecular flexibility index (Phi) is 5.58. The van der Waals surface area contributed by atoms with E-state index in [4.69, 9.17) is 0 Å². The van der Waals surface area contributed by atoms with E-state index in [-0.39, 0.29) is 30.2 Å². The molecule has 156 valence electrons. The zero-order valence-corrected chi connectivity index (χ0v) is 17.3. The van der Waals surface area contributed by atoms with Gasteiger partial charge in [0.15, 0.2) is 5.82 Å². The van der Waals surface area contributed by atoms with Gasteiger partial charge in [0.2, 0.25) is 0 Å². The molecule has 3 aromatic rings. The molecule has 30 heavy (non-hydrogen) atoms. The molecule has 3 heterocycles. The molecule has 5 rings (SSSR count). The van der Waals surface area contributed by atoms with E-state index in [1.807, 2.05) is 35.2 Å². The summed E-state index contributed by atoms with van der Waals surface area (Å²) in [6, 6.07) is 14.4. The first kappa shape index (κ1) is 20.5. The molecule has 0 spiro atoms. The molecule has 6 nitrogen and oxygen atoms in total. The lowest BCUT2D eigenvalue weighted by Crippen LogP contribution is -2.33. The number of nitrogens with one attached hydrogen (secondary N) is 1. The van der Waals surface area contributed by atoms with Gasteiger partial charge in [0.05, 0.1) is 0 Å². The second-order valence-corrected chi connectivity index (χ2v) is 7.98. The monoisotopic (exact) mass is 427 g/mol. The number of hydrogen-bond donors (Lipinski definition) is 1. The molecule has 0 saturated carbocycles. The molecule has 2 saturated heterocycles. The summed E-state index contributed by atoms with van der Waals surface area (Å²) in [6.07, 6.45) is 1.46. The summed E-state index contributed by atoms with van der Waals surface area (Å²) in [6.45, 7) is 2.35. The van der Waals surface area contributed by atoms with Crippen molar-refractivity contribution in [2.24, 2.45) is 11.8 Å². The maximum absolute atomic E-state index is 13.8. The van der Waals surface area contributed by atoms with Crippen LogP contribution in [-0.2, 0) is 0 Å². The van der Waals surface area contributed by atoms with E-state index in [2.05, 4.69) is 27.1 Å². The fourth-order valence-corrected chi connectivity index (χ4v) is 4.91. The molecule has 2 aromatic carbocycles. The number of carbonyl (C=O) groups is 1. The van der Waals surface area contributed by atoms with Crippen molar-refractivity contribution in [2.45, 2.75) is 6.04 Å². The predicted octanol–water partition coefficient (Wildman–Crippen LogP) is 3.41. The Bertz CT molecular complexity index is 1030. The van der Waals surface area contributed by atoms with Crippen LogP contribution in [0.3, 0.4) is 0 Å². The number of aromatic nitrogens is 3. The van der Waals surface area contributed by atoms with Gasteiger partial charge in [-0.25, -0.2) is 9.37 Å². The summed E-state index contributed by atoms with van der Waals surface area (Å²) >= 11 is 0. The maximum atomic E-state index is 13.8. The second-order valence-electron chi connectivity index (χ2n) is 7.98. The van der Waals surface area contributed by atoms with E-state index in [1.165, 1.54) is 12.4 Å². The van der Waals surface area contributed by atoms with E-state index in [1.54, 1.807) is 12.1 Å². The number of carbonyl (C=O) groups excluding carboxylic acids is 1. The third-order valence-electron chi connectivity index (χ3n) is 6.19. The summed E-state index contributed by atoms with van der Waals surface area (Å²) in [5, 5.41) is 6.68. The fourth-order valence-electron chi connectivity index (χ4n) is 4.91. The number of halogens is 2. The van der Waals surface area contributed by atoms with E-state index in [9.17, 15) is 9.18 Å². The average molecular weight is 428 g/mol. The number of nitrogens with zero attached hydrogens (tertiary/aromatic N) is 4. The van der Waals surface area contributed by atoms with Gasteiger partial charge < -0.3 is 4.90 Å². The normalized spacial score (nSPS) is 23.3. The summed E-state index contributed by atoms with van der Waals surface area (Å²) in [7, 11) is 2.09. The molecule has 0 aliphatic carbocycles. The Hall–Kier alpha value is -2.77. The predicted molar refractivity (Wildman–Crippen MR) is 114 cm³/mol. The van der Waals surface area contributed by atoms with Gasteiger partial charge in [-0.2, -0.15) is 5.10 Å². The number of hydrogen-bond acceptors (Lipinski definition) is 4. The van der Waals surface area contributed by atoms with Crippen molar-refractivity contribution in [2.75, 3.05) is 26.7 Å². The Balaban J connectivity index is 0.00000218. The molecule has 1 amide bonds. The van der Waals surface area contributed by atoms with Crippen LogP contribution in [0.1, 0.15) is 22.0 Å². The molecular weight excluding hydrogens is 405 g/mol. The minimum atomic E-state index is -0.211. The average Bonchev–Trinajstić information content (AvgIpc) is 3.44. The zero-order valence-electron chi connectivity index (χ0n) is 16.5. The highest BCUT2D eigenvalue weighted by Gasteiger charge is 2.47. The van der Waals surface area contributed by atoms with Gasteiger partial charge in [-0.1, -0.05) is 24.3 Å². The van der Waals surface area contributed by atoms with Crippen molar-refractivity contribution in [1.82, 2.24) is 25.0 Å². The Morgan fingerprint density at radius 1 is 1.13 bits per heavy atom. The van der Waals surface area contributed by atoms with Crippen LogP contribution < -0.4 is 0 Å². The number of H-pyrrole nitrogens is 1. The van der Waals surface area contributed by atoms with Crippen LogP contribution in [-0.4, -0.2) is 57.6 Å². The molecule has 0 unspecified atom stereocenters. The van der Waals surface area contributed by atoms with Gasteiger partial charge >= 0.3 is 0 Å². The third kappa shape index (κ3) is 3.59. The Labute approximate surface area is 180 Å². The molecule has 2 aliphatic heterocycles. The number of benzene rings is 2. The standard InChI is InChI=1S/C22H22FN5O.ClH/c1-27-10-17-11-28(12-19(17)20(27)16-3-2-4-18(23)9-16)22(29)15-7-5-14(6-8-15)21-24-13-25-26-21;/h2-9,13,17,19-20H,10-12H2,1H3,(H,24,25,26);1H/t17-,19+,20-;/m0./s1. The lowest BCUT2D eigenvalue weighted by atomic mass is 9.89. The molecule has 1 N–H and O–H groups in total.